The maximum Gasteiger partial charge on any atom is 0.321 e. The molecule has 0 saturated heterocycles. The number of anilines is 1. The number of aliphatic hydroxyl groups excluding tert-OH is 1. The monoisotopic (exact) mass is 310 g/mol. The first-order valence-corrected chi connectivity index (χ1v) is 8.67. The van der Waals surface area contributed by atoms with Gasteiger partial charge in [0.1, 0.15) is 0 Å². The summed E-state index contributed by atoms with van der Waals surface area (Å²) < 4.78 is 11.4. The Morgan fingerprint density at radius 3 is 2.86 bits per heavy atom. The molecule has 6 heteroatoms. The number of urea groups is 1. The van der Waals surface area contributed by atoms with Crippen LogP contribution in [0.15, 0.2) is 29.2 Å². The minimum atomic E-state index is -1.07. The summed E-state index contributed by atoms with van der Waals surface area (Å²) in [6.45, 7) is 0.548. The molecule has 1 aromatic carbocycles. The summed E-state index contributed by atoms with van der Waals surface area (Å²) in [5, 5.41) is 12.6. The number of aliphatic hydroxyl groups is 1. The largest absolute Gasteiger partial charge is 0.393 e. The van der Waals surface area contributed by atoms with Gasteiger partial charge < -0.3 is 15.3 Å². The van der Waals surface area contributed by atoms with Gasteiger partial charge in [0.25, 0.3) is 0 Å². The van der Waals surface area contributed by atoms with Gasteiger partial charge in [0.05, 0.1) is 6.10 Å². The molecule has 0 aromatic heterocycles. The SMILES string of the molecule is CN(CC1CCCC1O)C(=O)Nc1cccc(S(C)=O)c1. The third-order valence-electron chi connectivity index (χ3n) is 3.89. The van der Waals surface area contributed by atoms with Crippen molar-refractivity contribution in [2.45, 2.75) is 30.3 Å². The van der Waals surface area contributed by atoms with Crippen LogP contribution in [-0.2, 0) is 10.8 Å². The number of nitrogens with zero attached hydrogens (tertiary/aromatic N) is 1. The quantitative estimate of drug-likeness (QED) is 0.894. The number of amides is 2. The molecule has 0 radical (unpaired) electrons. The maximum atomic E-state index is 12.1. The van der Waals surface area contributed by atoms with Gasteiger partial charge in [-0.2, -0.15) is 0 Å². The Kier molecular flexibility index (Phi) is 5.36. The molecule has 0 bridgehead atoms. The molecule has 0 aliphatic heterocycles. The van der Waals surface area contributed by atoms with Crippen molar-refractivity contribution in [3.63, 3.8) is 0 Å². The van der Waals surface area contributed by atoms with Crippen LogP contribution in [0.5, 0.6) is 0 Å². The minimum Gasteiger partial charge on any atom is -0.393 e. The Hall–Kier alpha value is -1.40. The van der Waals surface area contributed by atoms with E-state index in [1.807, 2.05) is 0 Å². The highest BCUT2D eigenvalue weighted by Gasteiger charge is 2.27. The highest BCUT2D eigenvalue weighted by molar-refractivity contribution is 7.84. The van der Waals surface area contributed by atoms with E-state index in [9.17, 15) is 14.1 Å². The standard InChI is InChI=1S/C15H22N2O3S/c1-17(10-11-5-3-8-14(11)18)15(19)16-12-6-4-7-13(9-12)21(2)20/h4,6-7,9,11,14,18H,3,5,8,10H2,1-2H3,(H,16,19). The Morgan fingerprint density at radius 1 is 1.48 bits per heavy atom. The molecule has 1 aliphatic carbocycles. The predicted octanol–water partition coefficient (Wildman–Crippen LogP) is 2.05. The molecule has 116 valence electrons. The number of hydrogen-bond acceptors (Lipinski definition) is 3. The van der Waals surface area contributed by atoms with E-state index < -0.39 is 10.8 Å². The van der Waals surface area contributed by atoms with Gasteiger partial charge in [-0.05, 0) is 31.0 Å². The van der Waals surface area contributed by atoms with Crippen LogP contribution < -0.4 is 5.32 Å². The number of rotatable bonds is 4. The number of benzene rings is 1. The fourth-order valence-corrected chi connectivity index (χ4v) is 3.20. The number of nitrogens with one attached hydrogen (secondary N) is 1. The molecule has 2 rings (SSSR count). The second-order valence-corrected chi connectivity index (χ2v) is 6.93. The molecular weight excluding hydrogens is 288 g/mol. The number of hydrogen-bond donors (Lipinski definition) is 2. The van der Waals surface area contributed by atoms with Crippen LogP contribution in [-0.4, -0.2) is 46.2 Å². The van der Waals surface area contributed by atoms with Gasteiger partial charge in [0.2, 0.25) is 0 Å². The van der Waals surface area contributed by atoms with Crippen molar-refractivity contribution in [2.24, 2.45) is 5.92 Å². The first kappa shape index (κ1) is 16.0. The molecule has 21 heavy (non-hydrogen) atoms. The lowest BCUT2D eigenvalue weighted by Gasteiger charge is -2.23. The van der Waals surface area contributed by atoms with Crippen LogP contribution >= 0.6 is 0 Å². The Balaban J connectivity index is 1.94. The van der Waals surface area contributed by atoms with E-state index >= 15 is 0 Å². The van der Waals surface area contributed by atoms with Crippen molar-refractivity contribution in [1.29, 1.82) is 0 Å². The lowest BCUT2D eigenvalue weighted by Crippen LogP contribution is -2.37. The summed E-state index contributed by atoms with van der Waals surface area (Å²) in [6, 6.07) is 6.81. The van der Waals surface area contributed by atoms with E-state index in [1.54, 1.807) is 42.5 Å². The summed E-state index contributed by atoms with van der Waals surface area (Å²) in [6.07, 6.45) is 4.11. The van der Waals surface area contributed by atoms with Crippen molar-refractivity contribution in [2.75, 3.05) is 25.2 Å². The highest BCUT2D eigenvalue weighted by Crippen LogP contribution is 2.26. The van der Waals surface area contributed by atoms with Crippen molar-refractivity contribution < 1.29 is 14.1 Å². The Labute approximate surface area is 127 Å². The summed E-state index contributed by atoms with van der Waals surface area (Å²) in [7, 11) is 0.653. The Morgan fingerprint density at radius 2 is 2.24 bits per heavy atom. The molecule has 1 saturated carbocycles. The second kappa shape index (κ2) is 7.04. The summed E-state index contributed by atoms with van der Waals surface area (Å²) in [5.41, 5.74) is 0.631. The van der Waals surface area contributed by atoms with Crippen molar-refractivity contribution in [3.8, 4) is 0 Å². The lowest BCUT2D eigenvalue weighted by molar-refractivity contribution is 0.116. The third-order valence-corrected chi connectivity index (χ3v) is 4.81. The highest BCUT2D eigenvalue weighted by atomic mass is 32.2. The van der Waals surface area contributed by atoms with E-state index in [4.69, 9.17) is 0 Å². The molecule has 1 aromatic rings. The van der Waals surface area contributed by atoms with Crippen molar-refractivity contribution in [3.05, 3.63) is 24.3 Å². The average molecular weight is 310 g/mol. The molecule has 1 fully saturated rings. The molecule has 0 heterocycles. The van der Waals surface area contributed by atoms with E-state index in [1.165, 1.54) is 0 Å². The smallest absolute Gasteiger partial charge is 0.321 e. The first-order chi connectivity index (χ1) is 9.97. The zero-order chi connectivity index (χ0) is 15.4. The van der Waals surface area contributed by atoms with Crippen LogP contribution in [0.25, 0.3) is 0 Å². The van der Waals surface area contributed by atoms with Gasteiger partial charge >= 0.3 is 6.03 Å². The van der Waals surface area contributed by atoms with E-state index in [0.29, 0.717) is 17.1 Å². The molecule has 3 unspecified atom stereocenters. The van der Waals surface area contributed by atoms with Gasteiger partial charge in [-0.25, -0.2) is 4.79 Å². The van der Waals surface area contributed by atoms with Crippen LogP contribution in [0.4, 0.5) is 10.5 Å². The van der Waals surface area contributed by atoms with Crippen LogP contribution in [0.1, 0.15) is 19.3 Å². The van der Waals surface area contributed by atoms with Gasteiger partial charge in [-0.3, -0.25) is 4.21 Å². The fourth-order valence-electron chi connectivity index (χ4n) is 2.64. The van der Waals surface area contributed by atoms with E-state index in [2.05, 4.69) is 5.32 Å². The molecule has 2 amide bonds. The summed E-state index contributed by atoms with van der Waals surface area (Å²) in [5.74, 6) is 0.162. The first-order valence-electron chi connectivity index (χ1n) is 7.11. The average Bonchev–Trinajstić information content (AvgIpc) is 2.84. The van der Waals surface area contributed by atoms with E-state index in [0.717, 1.165) is 19.3 Å². The second-order valence-electron chi connectivity index (χ2n) is 5.55. The van der Waals surface area contributed by atoms with Crippen LogP contribution in [0.2, 0.25) is 0 Å². The summed E-state index contributed by atoms with van der Waals surface area (Å²) >= 11 is 0. The molecule has 3 atom stereocenters. The Bertz CT molecular complexity index is 535. The number of carbonyl (C=O) groups is 1. The van der Waals surface area contributed by atoms with Gasteiger partial charge in [0, 0.05) is 47.1 Å². The van der Waals surface area contributed by atoms with Gasteiger partial charge in [0.15, 0.2) is 0 Å². The lowest BCUT2D eigenvalue weighted by atomic mass is 10.1. The predicted molar refractivity (Wildman–Crippen MR) is 83.8 cm³/mol. The van der Waals surface area contributed by atoms with E-state index in [-0.39, 0.29) is 18.1 Å². The summed E-state index contributed by atoms with van der Waals surface area (Å²) in [4.78, 5) is 14.4. The molecule has 1 aliphatic rings. The zero-order valence-corrected chi connectivity index (χ0v) is 13.2. The number of carbonyl (C=O) groups excluding carboxylic acids is 1. The van der Waals surface area contributed by atoms with Gasteiger partial charge in [-0.15, -0.1) is 0 Å². The molecule has 2 N–H and O–H groups in total. The van der Waals surface area contributed by atoms with Crippen molar-refractivity contribution >= 4 is 22.5 Å². The third kappa shape index (κ3) is 4.28. The molecule has 0 spiro atoms. The van der Waals surface area contributed by atoms with Crippen LogP contribution in [0.3, 0.4) is 0 Å². The van der Waals surface area contributed by atoms with Gasteiger partial charge in [-0.1, -0.05) is 12.5 Å². The molecular formula is C15H22N2O3S. The van der Waals surface area contributed by atoms with Crippen LogP contribution in [0, 0.1) is 5.92 Å². The molecule has 5 nitrogen and oxygen atoms in total. The topological polar surface area (TPSA) is 69.6 Å². The fraction of sp³-hybridized carbons (Fsp3) is 0.533. The maximum absolute atomic E-state index is 12.1. The minimum absolute atomic E-state index is 0.162. The van der Waals surface area contributed by atoms with Crippen molar-refractivity contribution in [1.82, 2.24) is 4.90 Å². The zero-order valence-electron chi connectivity index (χ0n) is 12.4. The normalized spacial score (nSPS) is 22.8.